The van der Waals surface area contributed by atoms with Gasteiger partial charge in [-0.15, -0.1) is 0 Å². The molecule has 0 N–H and O–H groups in total. The lowest BCUT2D eigenvalue weighted by atomic mass is 10.1. The second kappa shape index (κ2) is 6.22. The number of para-hydroxylation sites is 1. The van der Waals surface area contributed by atoms with Crippen LogP contribution in [0.1, 0.15) is 41.6 Å². The number of amides is 1. The van der Waals surface area contributed by atoms with Gasteiger partial charge in [-0.3, -0.25) is 4.79 Å². The second-order valence-electron chi connectivity index (χ2n) is 5.23. The topological polar surface area (TPSA) is 46.1 Å². The van der Waals surface area contributed by atoms with Crippen molar-refractivity contribution in [1.29, 1.82) is 0 Å². The molecule has 0 aliphatic rings. The van der Waals surface area contributed by atoms with Gasteiger partial charge in [-0.2, -0.15) is 0 Å². The van der Waals surface area contributed by atoms with Crippen LogP contribution in [-0.4, -0.2) is 22.9 Å². The average molecular weight is 304 g/mol. The van der Waals surface area contributed by atoms with E-state index in [0.717, 1.165) is 11.3 Å². The molecule has 0 bridgehead atoms. The van der Waals surface area contributed by atoms with Crippen LogP contribution in [0.15, 0.2) is 30.5 Å². The Balaban J connectivity index is 2.40. The van der Waals surface area contributed by atoms with Gasteiger partial charge >= 0.3 is 0 Å². The lowest BCUT2D eigenvalue weighted by molar-refractivity contribution is 0.0987. The van der Waals surface area contributed by atoms with E-state index in [0.29, 0.717) is 5.82 Å². The number of hydrogen-bond donors (Lipinski definition) is 0. The van der Waals surface area contributed by atoms with Crippen LogP contribution in [0.4, 0.5) is 5.69 Å². The monoisotopic (exact) mass is 303 g/mol. The highest BCUT2D eigenvalue weighted by Gasteiger charge is 2.21. The summed E-state index contributed by atoms with van der Waals surface area (Å²) in [5, 5.41) is 0.268. The van der Waals surface area contributed by atoms with Crippen molar-refractivity contribution in [3.05, 3.63) is 52.6 Å². The van der Waals surface area contributed by atoms with Gasteiger partial charge in [-0.05, 0) is 18.6 Å². The van der Waals surface area contributed by atoms with Gasteiger partial charge in [-0.25, -0.2) is 9.97 Å². The number of carbonyl (C=O) groups excluding carboxylic acids is 1. The standard InChI is InChI=1S/C16H18ClN3O/c1-10(2)15-18-9-12(17)14(19-15)16(21)20(4)13-8-6-5-7-11(13)3/h5-10H,1-4H3. The Morgan fingerprint density at radius 1 is 1.29 bits per heavy atom. The molecule has 110 valence electrons. The number of rotatable bonds is 3. The summed E-state index contributed by atoms with van der Waals surface area (Å²) in [6, 6.07) is 7.69. The maximum absolute atomic E-state index is 12.6. The fourth-order valence-electron chi connectivity index (χ4n) is 2.02. The fourth-order valence-corrected chi connectivity index (χ4v) is 2.19. The Labute approximate surface area is 129 Å². The number of anilines is 1. The van der Waals surface area contributed by atoms with Gasteiger partial charge in [0.25, 0.3) is 5.91 Å². The molecule has 21 heavy (non-hydrogen) atoms. The summed E-state index contributed by atoms with van der Waals surface area (Å²) in [6.45, 7) is 5.91. The molecule has 0 aliphatic carbocycles. The Morgan fingerprint density at radius 2 is 1.95 bits per heavy atom. The molecule has 5 heteroatoms. The molecular formula is C16H18ClN3O. The minimum Gasteiger partial charge on any atom is -0.310 e. The van der Waals surface area contributed by atoms with Crippen molar-refractivity contribution in [2.24, 2.45) is 0 Å². The molecule has 2 aromatic rings. The molecule has 4 nitrogen and oxygen atoms in total. The average Bonchev–Trinajstić information content (AvgIpc) is 2.46. The van der Waals surface area contributed by atoms with E-state index in [9.17, 15) is 4.79 Å². The highest BCUT2D eigenvalue weighted by molar-refractivity contribution is 6.34. The zero-order chi connectivity index (χ0) is 15.6. The zero-order valence-electron chi connectivity index (χ0n) is 12.6. The van der Waals surface area contributed by atoms with Crippen molar-refractivity contribution < 1.29 is 4.79 Å². The predicted octanol–water partition coefficient (Wildman–Crippen LogP) is 3.84. The Morgan fingerprint density at radius 3 is 2.57 bits per heavy atom. The number of halogens is 1. The van der Waals surface area contributed by atoms with E-state index in [-0.39, 0.29) is 22.5 Å². The fraction of sp³-hybridized carbons (Fsp3) is 0.312. The summed E-state index contributed by atoms with van der Waals surface area (Å²) >= 11 is 6.09. The smallest absolute Gasteiger partial charge is 0.278 e. The van der Waals surface area contributed by atoms with Gasteiger partial charge in [0.1, 0.15) is 5.82 Å². The molecule has 0 fully saturated rings. The van der Waals surface area contributed by atoms with E-state index in [1.807, 2.05) is 45.0 Å². The van der Waals surface area contributed by atoms with Crippen molar-refractivity contribution in [2.45, 2.75) is 26.7 Å². The quantitative estimate of drug-likeness (QED) is 0.865. The first-order valence-electron chi connectivity index (χ1n) is 6.78. The molecule has 2 rings (SSSR count). The van der Waals surface area contributed by atoms with E-state index in [2.05, 4.69) is 9.97 Å². The summed E-state index contributed by atoms with van der Waals surface area (Å²) in [5.41, 5.74) is 2.09. The molecule has 0 unspecified atom stereocenters. The Bertz CT molecular complexity index is 670. The van der Waals surface area contributed by atoms with E-state index >= 15 is 0 Å². The number of benzene rings is 1. The van der Waals surface area contributed by atoms with E-state index in [1.165, 1.54) is 6.20 Å². The molecule has 1 aromatic heterocycles. The van der Waals surface area contributed by atoms with E-state index < -0.39 is 0 Å². The van der Waals surface area contributed by atoms with Crippen LogP contribution in [0.2, 0.25) is 5.02 Å². The molecule has 0 spiro atoms. The Kier molecular flexibility index (Phi) is 4.58. The Hall–Kier alpha value is -1.94. The highest BCUT2D eigenvalue weighted by Crippen LogP contribution is 2.23. The summed E-state index contributed by atoms with van der Waals surface area (Å²) < 4.78 is 0. The highest BCUT2D eigenvalue weighted by atomic mass is 35.5. The predicted molar refractivity (Wildman–Crippen MR) is 85.0 cm³/mol. The lowest BCUT2D eigenvalue weighted by Crippen LogP contribution is -2.28. The van der Waals surface area contributed by atoms with Gasteiger partial charge in [-0.1, -0.05) is 43.6 Å². The van der Waals surface area contributed by atoms with Crippen LogP contribution in [0.25, 0.3) is 0 Å². The van der Waals surface area contributed by atoms with Crippen LogP contribution >= 0.6 is 11.6 Å². The molecule has 0 atom stereocenters. The summed E-state index contributed by atoms with van der Waals surface area (Å²) in [6.07, 6.45) is 1.49. The zero-order valence-corrected chi connectivity index (χ0v) is 13.3. The number of aryl methyl sites for hydroxylation is 1. The van der Waals surface area contributed by atoms with Gasteiger partial charge in [0, 0.05) is 18.7 Å². The number of nitrogens with zero attached hydrogens (tertiary/aromatic N) is 3. The van der Waals surface area contributed by atoms with Crippen LogP contribution in [0.3, 0.4) is 0 Å². The molecular weight excluding hydrogens is 286 g/mol. The first kappa shape index (κ1) is 15.4. The first-order valence-corrected chi connectivity index (χ1v) is 7.15. The molecule has 0 saturated heterocycles. The van der Waals surface area contributed by atoms with Crippen molar-refractivity contribution in [3.8, 4) is 0 Å². The van der Waals surface area contributed by atoms with Crippen LogP contribution in [-0.2, 0) is 0 Å². The molecule has 0 aliphatic heterocycles. The van der Waals surface area contributed by atoms with Gasteiger partial charge in [0.2, 0.25) is 0 Å². The molecule has 1 heterocycles. The third-order valence-electron chi connectivity index (χ3n) is 3.26. The largest absolute Gasteiger partial charge is 0.310 e. The van der Waals surface area contributed by atoms with Crippen LogP contribution in [0.5, 0.6) is 0 Å². The van der Waals surface area contributed by atoms with Crippen molar-refractivity contribution in [3.63, 3.8) is 0 Å². The minimum atomic E-state index is -0.237. The van der Waals surface area contributed by atoms with E-state index in [1.54, 1.807) is 11.9 Å². The van der Waals surface area contributed by atoms with Gasteiger partial charge < -0.3 is 4.90 Å². The summed E-state index contributed by atoms with van der Waals surface area (Å²) in [5.74, 6) is 0.511. The number of carbonyl (C=O) groups is 1. The SMILES string of the molecule is Cc1ccccc1N(C)C(=O)c1nc(C(C)C)ncc1Cl. The van der Waals surface area contributed by atoms with E-state index in [4.69, 9.17) is 11.6 Å². The maximum atomic E-state index is 12.6. The van der Waals surface area contributed by atoms with Crippen molar-refractivity contribution in [2.75, 3.05) is 11.9 Å². The second-order valence-corrected chi connectivity index (χ2v) is 5.64. The minimum absolute atomic E-state index is 0.137. The summed E-state index contributed by atoms with van der Waals surface area (Å²) in [7, 11) is 1.72. The molecule has 1 aromatic carbocycles. The third-order valence-corrected chi connectivity index (χ3v) is 3.54. The van der Waals surface area contributed by atoms with Gasteiger partial charge in [0.05, 0.1) is 11.2 Å². The molecule has 0 saturated carbocycles. The third kappa shape index (κ3) is 3.22. The van der Waals surface area contributed by atoms with Crippen LogP contribution in [0, 0.1) is 6.92 Å². The lowest BCUT2D eigenvalue weighted by Gasteiger charge is -2.20. The number of hydrogen-bond acceptors (Lipinski definition) is 3. The van der Waals surface area contributed by atoms with Gasteiger partial charge in [0.15, 0.2) is 5.69 Å². The van der Waals surface area contributed by atoms with Crippen LogP contribution < -0.4 is 4.90 Å². The maximum Gasteiger partial charge on any atom is 0.278 e. The van der Waals surface area contributed by atoms with Crippen molar-refractivity contribution >= 4 is 23.2 Å². The summed E-state index contributed by atoms with van der Waals surface area (Å²) in [4.78, 5) is 22.7. The first-order chi connectivity index (χ1) is 9.91. The number of aromatic nitrogens is 2. The molecule has 0 radical (unpaired) electrons. The normalized spacial score (nSPS) is 10.8. The van der Waals surface area contributed by atoms with Crippen molar-refractivity contribution in [1.82, 2.24) is 9.97 Å². The molecule has 1 amide bonds.